The monoisotopic (exact) mass is 382 g/mol. The zero-order chi connectivity index (χ0) is 19.5. The maximum Gasteiger partial charge on any atom is 0.246 e. The molecule has 0 bridgehead atoms. The van der Waals surface area contributed by atoms with Crippen molar-refractivity contribution in [2.24, 2.45) is 0 Å². The molecule has 2 aromatic carbocycles. The molecule has 2 heterocycles. The summed E-state index contributed by atoms with van der Waals surface area (Å²) in [5.74, 6) is 0.511. The SMILES string of the molecule is Cc1ccc(-c2noc(CNc3ccccc3N3CCC(O)CC3)n2)cc1F. The quantitative estimate of drug-likeness (QED) is 0.700. The number of aliphatic hydroxyl groups is 1. The first-order valence-electron chi connectivity index (χ1n) is 9.45. The van der Waals surface area contributed by atoms with Gasteiger partial charge in [-0.15, -0.1) is 0 Å². The number of hydrogen-bond acceptors (Lipinski definition) is 6. The van der Waals surface area contributed by atoms with Crippen molar-refractivity contribution in [1.82, 2.24) is 10.1 Å². The van der Waals surface area contributed by atoms with Crippen molar-refractivity contribution in [3.05, 3.63) is 59.7 Å². The Morgan fingerprint density at radius 2 is 2.00 bits per heavy atom. The molecule has 2 N–H and O–H groups in total. The van der Waals surface area contributed by atoms with Gasteiger partial charge in [-0.25, -0.2) is 4.39 Å². The highest BCUT2D eigenvalue weighted by Gasteiger charge is 2.19. The summed E-state index contributed by atoms with van der Waals surface area (Å²) in [4.78, 5) is 6.63. The van der Waals surface area contributed by atoms with Gasteiger partial charge in [0.25, 0.3) is 0 Å². The fraction of sp³-hybridized carbons (Fsp3) is 0.333. The van der Waals surface area contributed by atoms with Crippen LogP contribution in [0.25, 0.3) is 11.4 Å². The van der Waals surface area contributed by atoms with E-state index in [1.165, 1.54) is 6.07 Å². The minimum absolute atomic E-state index is 0.209. The number of piperidine rings is 1. The Kier molecular flexibility index (Phi) is 5.25. The summed E-state index contributed by atoms with van der Waals surface area (Å²) in [5, 5.41) is 17.0. The van der Waals surface area contributed by atoms with Crippen molar-refractivity contribution in [3.63, 3.8) is 0 Å². The van der Waals surface area contributed by atoms with Gasteiger partial charge in [0.15, 0.2) is 0 Å². The number of hydrogen-bond donors (Lipinski definition) is 2. The zero-order valence-electron chi connectivity index (χ0n) is 15.7. The van der Waals surface area contributed by atoms with Crippen LogP contribution in [0.4, 0.5) is 15.8 Å². The zero-order valence-corrected chi connectivity index (χ0v) is 15.7. The number of nitrogens with one attached hydrogen (secondary N) is 1. The van der Waals surface area contributed by atoms with E-state index in [9.17, 15) is 9.50 Å². The number of rotatable bonds is 5. The third-order valence-corrected chi connectivity index (χ3v) is 5.04. The molecule has 0 unspecified atom stereocenters. The van der Waals surface area contributed by atoms with E-state index in [2.05, 4.69) is 26.4 Å². The number of aliphatic hydroxyl groups excluding tert-OH is 1. The number of aromatic nitrogens is 2. The normalized spacial score (nSPS) is 15.0. The number of para-hydroxylation sites is 2. The Morgan fingerprint density at radius 1 is 1.21 bits per heavy atom. The van der Waals surface area contributed by atoms with E-state index in [1.807, 2.05) is 18.2 Å². The van der Waals surface area contributed by atoms with Crippen molar-refractivity contribution in [2.45, 2.75) is 32.4 Å². The molecule has 1 aliphatic rings. The lowest BCUT2D eigenvalue weighted by molar-refractivity contribution is 0.145. The Hall–Kier alpha value is -2.93. The average molecular weight is 382 g/mol. The first-order chi connectivity index (χ1) is 13.6. The van der Waals surface area contributed by atoms with Gasteiger partial charge in [-0.3, -0.25) is 0 Å². The molecule has 1 aromatic heterocycles. The van der Waals surface area contributed by atoms with Crippen LogP contribution < -0.4 is 10.2 Å². The second-order valence-corrected chi connectivity index (χ2v) is 7.06. The maximum absolute atomic E-state index is 13.8. The summed E-state index contributed by atoms with van der Waals surface area (Å²) in [6.07, 6.45) is 1.34. The predicted molar refractivity (Wildman–Crippen MR) is 106 cm³/mol. The van der Waals surface area contributed by atoms with E-state index in [1.54, 1.807) is 19.1 Å². The Labute approximate surface area is 163 Å². The molecule has 0 radical (unpaired) electrons. The summed E-state index contributed by atoms with van der Waals surface area (Å²) in [6, 6.07) is 12.9. The highest BCUT2D eigenvalue weighted by Crippen LogP contribution is 2.29. The van der Waals surface area contributed by atoms with E-state index in [4.69, 9.17) is 4.52 Å². The van der Waals surface area contributed by atoms with E-state index >= 15 is 0 Å². The second kappa shape index (κ2) is 7.98. The molecule has 4 rings (SSSR count). The van der Waals surface area contributed by atoms with Gasteiger partial charge in [-0.2, -0.15) is 4.98 Å². The van der Waals surface area contributed by atoms with E-state index in [0.29, 0.717) is 29.4 Å². The summed E-state index contributed by atoms with van der Waals surface area (Å²) < 4.78 is 19.1. The van der Waals surface area contributed by atoms with Gasteiger partial charge in [-0.1, -0.05) is 29.4 Å². The Bertz CT molecular complexity index is 951. The van der Waals surface area contributed by atoms with Crippen molar-refractivity contribution >= 4 is 11.4 Å². The molecule has 0 spiro atoms. The first-order valence-corrected chi connectivity index (χ1v) is 9.45. The van der Waals surface area contributed by atoms with Crippen molar-refractivity contribution in [3.8, 4) is 11.4 Å². The minimum Gasteiger partial charge on any atom is -0.393 e. The molecule has 7 heteroatoms. The summed E-state index contributed by atoms with van der Waals surface area (Å²) in [7, 11) is 0. The van der Waals surface area contributed by atoms with Crippen molar-refractivity contribution < 1.29 is 14.0 Å². The number of nitrogens with zero attached hydrogens (tertiary/aromatic N) is 3. The molecular weight excluding hydrogens is 359 g/mol. The molecule has 0 atom stereocenters. The molecule has 1 aliphatic heterocycles. The highest BCUT2D eigenvalue weighted by atomic mass is 19.1. The third kappa shape index (κ3) is 3.99. The Balaban J connectivity index is 1.45. The smallest absolute Gasteiger partial charge is 0.246 e. The molecule has 146 valence electrons. The van der Waals surface area contributed by atoms with Crippen LogP contribution in [-0.2, 0) is 6.54 Å². The lowest BCUT2D eigenvalue weighted by Crippen LogP contribution is -2.36. The van der Waals surface area contributed by atoms with Gasteiger partial charge in [0.1, 0.15) is 5.82 Å². The van der Waals surface area contributed by atoms with E-state index in [0.717, 1.165) is 37.3 Å². The van der Waals surface area contributed by atoms with Gasteiger partial charge in [0.05, 0.1) is 24.0 Å². The van der Waals surface area contributed by atoms with Gasteiger partial charge in [-0.05, 0) is 43.5 Å². The van der Waals surface area contributed by atoms with Crippen LogP contribution in [0.3, 0.4) is 0 Å². The van der Waals surface area contributed by atoms with Crippen LogP contribution in [0, 0.1) is 12.7 Å². The first kappa shape index (κ1) is 18.4. The number of benzene rings is 2. The maximum atomic E-state index is 13.8. The van der Waals surface area contributed by atoms with Crippen LogP contribution in [0.5, 0.6) is 0 Å². The van der Waals surface area contributed by atoms with Crippen molar-refractivity contribution in [1.29, 1.82) is 0 Å². The van der Waals surface area contributed by atoms with E-state index < -0.39 is 0 Å². The molecule has 28 heavy (non-hydrogen) atoms. The van der Waals surface area contributed by atoms with Gasteiger partial charge in [0, 0.05) is 18.7 Å². The van der Waals surface area contributed by atoms with Crippen LogP contribution in [0.1, 0.15) is 24.3 Å². The van der Waals surface area contributed by atoms with E-state index in [-0.39, 0.29) is 11.9 Å². The fourth-order valence-electron chi connectivity index (χ4n) is 3.35. The molecule has 1 saturated heterocycles. The largest absolute Gasteiger partial charge is 0.393 e. The van der Waals surface area contributed by atoms with Gasteiger partial charge in [0.2, 0.25) is 11.7 Å². The van der Waals surface area contributed by atoms with Gasteiger partial charge < -0.3 is 19.8 Å². The third-order valence-electron chi connectivity index (χ3n) is 5.04. The standard InChI is InChI=1S/C21H23FN4O2/c1-14-6-7-15(12-17(14)22)21-24-20(28-25-21)13-23-18-4-2-3-5-19(18)26-10-8-16(27)9-11-26/h2-7,12,16,23,27H,8-11,13H2,1H3. The van der Waals surface area contributed by atoms with Crippen LogP contribution in [0.2, 0.25) is 0 Å². The fourth-order valence-corrected chi connectivity index (χ4v) is 3.35. The molecule has 3 aromatic rings. The number of anilines is 2. The predicted octanol–water partition coefficient (Wildman–Crippen LogP) is 3.76. The second-order valence-electron chi connectivity index (χ2n) is 7.06. The number of halogens is 1. The minimum atomic E-state index is -0.289. The highest BCUT2D eigenvalue weighted by molar-refractivity contribution is 5.70. The molecule has 1 fully saturated rings. The van der Waals surface area contributed by atoms with Crippen LogP contribution in [-0.4, -0.2) is 34.4 Å². The van der Waals surface area contributed by atoms with Crippen LogP contribution >= 0.6 is 0 Å². The Morgan fingerprint density at radius 3 is 2.79 bits per heavy atom. The molecule has 6 nitrogen and oxygen atoms in total. The summed E-state index contributed by atoms with van der Waals surface area (Å²) in [5.41, 5.74) is 3.23. The molecular formula is C21H23FN4O2. The lowest BCUT2D eigenvalue weighted by atomic mass is 10.1. The summed E-state index contributed by atoms with van der Waals surface area (Å²) >= 11 is 0. The van der Waals surface area contributed by atoms with Crippen molar-refractivity contribution in [2.75, 3.05) is 23.3 Å². The lowest BCUT2D eigenvalue weighted by Gasteiger charge is -2.32. The molecule has 0 aliphatic carbocycles. The average Bonchev–Trinajstić information content (AvgIpc) is 3.18. The van der Waals surface area contributed by atoms with Crippen LogP contribution in [0.15, 0.2) is 47.0 Å². The molecule has 0 amide bonds. The number of aryl methyl sites for hydroxylation is 1. The molecule has 0 saturated carbocycles. The summed E-state index contributed by atoms with van der Waals surface area (Å²) in [6.45, 7) is 3.73. The van der Waals surface area contributed by atoms with Gasteiger partial charge >= 0.3 is 0 Å². The topological polar surface area (TPSA) is 74.4 Å².